The summed E-state index contributed by atoms with van der Waals surface area (Å²) in [5.74, 6) is -1.83. The number of aryl methyl sites for hydroxylation is 1. The van der Waals surface area contributed by atoms with Gasteiger partial charge in [-0.25, -0.2) is 18.0 Å². The second kappa shape index (κ2) is 8.34. The summed E-state index contributed by atoms with van der Waals surface area (Å²) in [4.78, 5) is 41.3. The lowest BCUT2D eigenvalue weighted by molar-refractivity contribution is -0.141. The molecule has 0 aromatic carbocycles. The van der Waals surface area contributed by atoms with Crippen LogP contribution in [0.3, 0.4) is 0 Å². The highest BCUT2D eigenvalue weighted by atomic mass is 32.2. The average Bonchev–Trinajstić information content (AvgIpc) is 3.13. The summed E-state index contributed by atoms with van der Waals surface area (Å²) in [5, 5.41) is 0. The first kappa shape index (κ1) is 21.9. The predicted octanol–water partition coefficient (Wildman–Crippen LogP) is 0.999. The molecule has 1 aromatic heterocycles. The van der Waals surface area contributed by atoms with Gasteiger partial charge in [-0.15, -0.1) is 0 Å². The Kier molecular flexibility index (Phi) is 6.53. The molecule has 156 valence electrons. The number of carbonyl (C=O) groups excluding carboxylic acids is 3. The minimum atomic E-state index is -3.14. The van der Waals surface area contributed by atoms with E-state index in [-0.39, 0.29) is 22.8 Å². The largest absolute Gasteiger partial charge is 0.465 e. The molecule has 0 spiro atoms. The van der Waals surface area contributed by atoms with Gasteiger partial charge in [0.2, 0.25) is 0 Å². The van der Waals surface area contributed by atoms with Gasteiger partial charge in [-0.05, 0) is 39.7 Å². The molecule has 10 heteroatoms. The minimum Gasteiger partial charge on any atom is -0.465 e. The van der Waals surface area contributed by atoms with Gasteiger partial charge in [0.25, 0.3) is 5.91 Å². The van der Waals surface area contributed by atoms with Crippen LogP contribution in [0.15, 0.2) is 0 Å². The van der Waals surface area contributed by atoms with Crippen molar-refractivity contribution in [3.8, 4) is 0 Å². The number of carbonyl (C=O) groups is 3. The third-order valence-corrected chi connectivity index (χ3v) is 6.69. The zero-order chi connectivity index (χ0) is 21.2. The van der Waals surface area contributed by atoms with Gasteiger partial charge >= 0.3 is 11.9 Å². The number of nitrogens with one attached hydrogen (secondary N) is 1. The molecular formula is C18H26N2O7S. The number of methoxy groups -OCH3 is 1. The molecule has 2 heterocycles. The van der Waals surface area contributed by atoms with Gasteiger partial charge in [0, 0.05) is 18.3 Å². The quantitative estimate of drug-likeness (QED) is 0.689. The normalized spacial score (nSPS) is 19.1. The fourth-order valence-electron chi connectivity index (χ4n) is 3.48. The topological polar surface area (TPSA) is 123 Å². The van der Waals surface area contributed by atoms with E-state index in [4.69, 9.17) is 9.47 Å². The third kappa shape index (κ3) is 4.37. The van der Waals surface area contributed by atoms with Gasteiger partial charge in [-0.2, -0.15) is 0 Å². The van der Waals surface area contributed by atoms with Crippen LogP contribution >= 0.6 is 0 Å². The summed E-state index contributed by atoms with van der Waals surface area (Å²) in [5.41, 5.74) is 1.16. The van der Waals surface area contributed by atoms with Gasteiger partial charge in [0.05, 0.1) is 24.2 Å². The van der Waals surface area contributed by atoms with Crippen molar-refractivity contribution >= 4 is 27.7 Å². The molecule has 9 nitrogen and oxygen atoms in total. The molecule has 1 fully saturated rings. The van der Waals surface area contributed by atoms with Crippen LogP contribution in [0.1, 0.15) is 52.4 Å². The molecule has 2 atom stereocenters. The summed E-state index contributed by atoms with van der Waals surface area (Å²) in [6.45, 7) is 6.72. The minimum absolute atomic E-state index is 0.0485. The van der Waals surface area contributed by atoms with Crippen molar-refractivity contribution in [2.45, 2.75) is 46.3 Å². The van der Waals surface area contributed by atoms with E-state index in [1.807, 2.05) is 0 Å². The summed E-state index contributed by atoms with van der Waals surface area (Å²) in [6.07, 6.45) is -0.722. The zero-order valence-electron chi connectivity index (χ0n) is 16.7. The Morgan fingerprint density at radius 1 is 1.25 bits per heavy atom. The van der Waals surface area contributed by atoms with Crippen molar-refractivity contribution in [2.24, 2.45) is 0 Å². The number of aromatic amines is 1. The number of H-pyrrole nitrogens is 1. The lowest BCUT2D eigenvalue weighted by atomic mass is 10.1. The summed E-state index contributed by atoms with van der Waals surface area (Å²) >= 11 is 0. The van der Waals surface area contributed by atoms with E-state index < -0.39 is 39.8 Å². The number of nitrogens with zero attached hydrogens (tertiary/aromatic N) is 1. The van der Waals surface area contributed by atoms with Crippen LogP contribution in [-0.2, 0) is 24.1 Å². The first-order chi connectivity index (χ1) is 13.0. The van der Waals surface area contributed by atoms with E-state index in [0.29, 0.717) is 24.2 Å². The summed E-state index contributed by atoms with van der Waals surface area (Å²) < 4.78 is 33.4. The number of sulfone groups is 1. The van der Waals surface area contributed by atoms with E-state index >= 15 is 0 Å². The van der Waals surface area contributed by atoms with Gasteiger partial charge in [-0.3, -0.25) is 4.79 Å². The Morgan fingerprint density at radius 3 is 2.39 bits per heavy atom. The van der Waals surface area contributed by atoms with Crippen molar-refractivity contribution in [1.82, 2.24) is 9.88 Å². The Labute approximate surface area is 164 Å². The first-order valence-corrected chi connectivity index (χ1v) is 10.8. The smallest absolute Gasteiger partial charge is 0.355 e. The first-order valence-electron chi connectivity index (χ1n) is 9.01. The van der Waals surface area contributed by atoms with E-state index in [2.05, 4.69) is 4.98 Å². The number of rotatable bonds is 6. The maximum Gasteiger partial charge on any atom is 0.355 e. The van der Waals surface area contributed by atoms with Crippen molar-refractivity contribution < 1.29 is 32.3 Å². The lowest BCUT2D eigenvalue weighted by Crippen LogP contribution is -2.46. The van der Waals surface area contributed by atoms with Crippen LogP contribution in [0.2, 0.25) is 0 Å². The molecule has 1 N–H and O–H groups in total. The number of ether oxygens (including phenoxy) is 2. The molecule has 28 heavy (non-hydrogen) atoms. The molecule has 1 aliphatic heterocycles. The van der Waals surface area contributed by atoms with Gasteiger partial charge in [0.15, 0.2) is 15.9 Å². The van der Waals surface area contributed by atoms with Gasteiger partial charge in [0.1, 0.15) is 5.69 Å². The fraction of sp³-hybridized carbons (Fsp3) is 0.611. The molecule has 2 rings (SSSR count). The lowest BCUT2D eigenvalue weighted by Gasteiger charge is -2.29. The van der Waals surface area contributed by atoms with E-state index in [9.17, 15) is 22.8 Å². The standard InChI is InChI=1S/C18H26N2O7S/c1-6-20(13-7-8-28(24,25)9-13)16(21)12(4)27-18(23)15-10(2)14(11(3)19-15)17(22)26-5/h12-13,19H,6-9H2,1-5H3/t12-,13+/m0/s1. The highest BCUT2D eigenvalue weighted by molar-refractivity contribution is 7.91. The Hall–Kier alpha value is -2.36. The molecule has 1 aromatic rings. The van der Waals surface area contributed by atoms with Crippen molar-refractivity contribution in [2.75, 3.05) is 25.2 Å². The highest BCUT2D eigenvalue weighted by Gasteiger charge is 2.36. The molecule has 0 bridgehead atoms. The number of amides is 1. The number of hydrogen-bond acceptors (Lipinski definition) is 7. The average molecular weight is 414 g/mol. The van der Waals surface area contributed by atoms with Crippen molar-refractivity contribution in [3.05, 3.63) is 22.5 Å². The van der Waals surface area contributed by atoms with Crippen LogP contribution in [0.5, 0.6) is 0 Å². The molecule has 1 saturated heterocycles. The van der Waals surface area contributed by atoms with Crippen LogP contribution in [0.25, 0.3) is 0 Å². The number of esters is 2. The molecule has 0 radical (unpaired) electrons. The fourth-order valence-corrected chi connectivity index (χ4v) is 5.21. The molecule has 0 saturated carbocycles. The monoisotopic (exact) mass is 414 g/mol. The molecule has 1 aliphatic rings. The maximum atomic E-state index is 12.7. The van der Waals surface area contributed by atoms with Gasteiger partial charge in [-0.1, -0.05) is 0 Å². The Bertz CT molecular complexity index is 888. The maximum absolute atomic E-state index is 12.7. The Morgan fingerprint density at radius 2 is 1.89 bits per heavy atom. The summed E-state index contributed by atoms with van der Waals surface area (Å²) in [7, 11) is -1.90. The zero-order valence-corrected chi connectivity index (χ0v) is 17.5. The number of likely N-dealkylation sites (N-methyl/N-ethyl adjacent to an activating group) is 1. The van der Waals surface area contributed by atoms with Crippen LogP contribution in [0.4, 0.5) is 0 Å². The van der Waals surface area contributed by atoms with E-state index in [1.54, 1.807) is 20.8 Å². The van der Waals surface area contributed by atoms with Crippen LogP contribution in [0, 0.1) is 13.8 Å². The van der Waals surface area contributed by atoms with Crippen molar-refractivity contribution in [1.29, 1.82) is 0 Å². The predicted molar refractivity (Wildman–Crippen MR) is 101 cm³/mol. The summed E-state index contributed by atoms with van der Waals surface area (Å²) in [6, 6.07) is -0.413. The molecule has 0 aliphatic carbocycles. The second-order valence-corrected chi connectivity index (χ2v) is 9.07. The number of hydrogen-bond donors (Lipinski definition) is 1. The van der Waals surface area contributed by atoms with Crippen LogP contribution in [-0.4, -0.2) is 73.5 Å². The van der Waals surface area contributed by atoms with Crippen molar-refractivity contribution in [3.63, 3.8) is 0 Å². The molecular weight excluding hydrogens is 388 g/mol. The van der Waals surface area contributed by atoms with E-state index in [0.717, 1.165) is 0 Å². The number of aromatic nitrogens is 1. The SMILES string of the molecule is CCN(C(=O)[C@H](C)OC(=O)c1[nH]c(C)c(C(=O)OC)c1C)[C@@H]1CCS(=O)(=O)C1. The third-order valence-electron chi connectivity index (χ3n) is 4.94. The highest BCUT2D eigenvalue weighted by Crippen LogP contribution is 2.22. The van der Waals surface area contributed by atoms with Crippen LogP contribution < -0.4 is 0 Å². The molecule has 0 unspecified atom stereocenters. The Balaban J connectivity index is 2.13. The second-order valence-electron chi connectivity index (χ2n) is 6.85. The van der Waals surface area contributed by atoms with Gasteiger partial charge < -0.3 is 19.4 Å². The van der Waals surface area contributed by atoms with E-state index in [1.165, 1.54) is 18.9 Å². The molecule has 1 amide bonds.